The van der Waals surface area contributed by atoms with Gasteiger partial charge in [0.1, 0.15) is 6.54 Å². The van der Waals surface area contributed by atoms with E-state index in [1.54, 1.807) is 12.4 Å². The highest BCUT2D eigenvalue weighted by Gasteiger charge is 2.08. The number of anilines is 1. The third-order valence-electron chi connectivity index (χ3n) is 2.35. The van der Waals surface area contributed by atoms with Gasteiger partial charge in [0.2, 0.25) is 5.91 Å². The maximum Gasteiger partial charge on any atom is 0.239 e. The Kier molecular flexibility index (Phi) is 3.71. The molecule has 0 bridgehead atoms. The van der Waals surface area contributed by atoms with E-state index < -0.39 is 0 Å². The van der Waals surface area contributed by atoms with E-state index in [-0.39, 0.29) is 12.5 Å². The summed E-state index contributed by atoms with van der Waals surface area (Å²) in [4.78, 5) is 10.6. The van der Waals surface area contributed by atoms with Crippen LogP contribution in [-0.4, -0.2) is 21.7 Å². The molecule has 15 heavy (non-hydrogen) atoms. The highest BCUT2D eigenvalue weighted by molar-refractivity contribution is 5.73. The number of rotatable bonds is 5. The number of nitrogens with one attached hydrogen (secondary N) is 1. The fourth-order valence-electron chi connectivity index (χ4n) is 1.11. The van der Waals surface area contributed by atoms with E-state index in [1.807, 2.05) is 0 Å². The van der Waals surface area contributed by atoms with E-state index in [2.05, 4.69) is 31.2 Å². The number of hydrogen-bond acceptors (Lipinski definition) is 3. The van der Waals surface area contributed by atoms with E-state index in [0.29, 0.717) is 12.0 Å². The van der Waals surface area contributed by atoms with Crippen molar-refractivity contribution in [1.29, 1.82) is 0 Å². The molecule has 84 valence electrons. The zero-order valence-electron chi connectivity index (χ0n) is 9.40. The average Bonchev–Trinajstić information content (AvgIpc) is 2.51. The summed E-state index contributed by atoms with van der Waals surface area (Å²) in [5.74, 6) is 0.158. The second-order valence-electron chi connectivity index (χ2n) is 4.07. The van der Waals surface area contributed by atoms with Gasteiger partial charge in [0.05, 0.1) is 11.9 Å². The number of nitrogens with two attached hydrogens (primary N) is 1. The predicted octanol–water partition coefficient (Wildman–Crippen LogP) is 0.825. The molecule has 0 aliphatic carbocycles. The van der Waals surface area contributed by atoms with E-state index in [9.17, 15) is 4.79 Å². The normalized spacial score (nSPS) is 12.8. The van der Waals surface area contributed by atoms with Gasteiger partial charge in [-0.25, -0.2) is 0 Å². The monoisotopic (exact) mass is 210 g/mol. The van der Waals surface area contributed by atoms with Gasteiger partial charge in [-0.2, -0.15) is 5.10 Å². The SMILES string of the molecule is CC(C)C(C)Nc1cnn(CC(N)=O)c1. The first-order valence-corrected chi connectivity index (χ1v) is 5.06. The summed E-state index contributed by atoms with van der Waals surface area (Å²) in [5, 5.41) is 7.32. The molecular weight excluding hydrogens is 192 g/mol. The molecule has 0 fully saturated rings. The van der Waals surface area contributed by atoms with Crippen LogP contribution in [0.5, 0.6) is 0 Å². The molecule has 1 atom stereocenters. The van der Waals surface area contributed by atoms with Crippen LogP contribution in [0.3, 0.4) is 0 Å². The minimum absolute atomic E-state index is 0.123. The molecule has 0 radical (unpaired) electrons. The number of hydrogen-bond donors (Lipinski definition) is 2. The molecule has 0 aliphatic rings. The number of carbonyl (C=O) groups is 1. The van der Waals surface area contributed by atoms with Crippen LogP contribution in [0.2, 0.25) is 0 Å². The summed E-state index contributed by atoms with van der Waals surface area (Å²) >= 11 is 0. The lowest BCUT2D eigenvalue weighted by Crippen LogP contribution is -2.21. The first kappa shape index (κ1) is 11.6. The molecule has 3 N–H and O–H groups in total. The summed E-state index contributed by atoms with van der Waals surface area (Å²) in [6.07, 6.45) is 3.48. The molecule has 1 rings (SSSR count). The van der Waals surface area contributed by atoms with Crippen molar-refractivity contribution in [3.8, 4) is 0 Å². The van der Waals surface area contributed by atoms with Crippen molar-refractivity contribution >= 4 is 11.6 Å². The summed E-state index contributed by atoms with van der Waals surface area (Å²) < 4.78 is 1.53. The smallest absolute Gasteiger partial charge is 0.239 e. The van der Waals surface area contributed by atoms with Gasteiger partial charge < -0.3 is 11.1 Å². The highest BCUT2D eigenvalue weighted by Crippen LogP contribution is 2.11. The van der Waals surface area contributed by atoms with Gasteiger partial charge in [-0.05, 0) is 12.8 Å². The van der Waals surface area contributed by atoms with Crippen molar-refractivity contribution in [2.75, 3.05) is 5.32 Å². The fourth-order valence-corrected chi connectivity index (χ4v) is 1.11. The molecule has 0 saturated carbocycles. The number of aromatic nitrogens is 2. The second-order valence-corrected chi connectivity index (χ2v) is 4.07. The van der Waals surface area contributed by atoms with Crippen LogP contribution in [0, 0.1) is 5.92 Å². The van der Waals surface area contributed by atoms with Gasteiger partial charge in [0.25, 0.3) is 0 Å². The molecule has 0 spiro atoms. The fraction of sp³-hybridized carbons (Fsp3) is 0.600. The molecule has 0 saturated heterocycles. The number of primary amides is 1. The van der Waals surface area contributed by atoms with Crippen LogP contribution >= 0.6 is 0 Å². The van der Waals surface area contributed by atoms with E-state index >= 15 is 0 Å². The van der Waals surface area contributed by atoms with Crippen LogP contribution < -0.4 is 11.1 Å². The van der Waals surface area contributed by atoms with Crippen molar-refractivity contribution in [2.45, 2.75) is 33.4 Å². The van der Waals surface area contributed by atoms with Gasteiger partial charge in [0, 0.05) is 12.2 Å². The summed E-state index contributed by atoms with van der Waals surface area (Å²) in [6, 6.07) is 0.372. The molecule has 1 aromatic rings. The number of amides is 1. The van der Waals surface area contributed by atoms with Crippen molar-refractivity contribution in [1.82, 2.24) is 9.78 Å². The largest absolute Gasteiger partial charge is 0.380 e. The maximum absolute atomic E-state index is 10.6. The Balaban J connectivity index is 2.56. The number of nitrogens with zero attached hydrogens (tertiary/aromatic N) is 2. The average molecular weight is 210 g/mol. The Bertz CT molecular complexity index is 332. The van der Waals surface area contributed by atoms with E-state index in [0.717, 1.165) is 5.69 Å². The van der Waals surface area contributed by atoms with Gasteiger partial charge in [-0.3, -0.25) is 9.48 Å². The van der Waals surface area contributed by atoms with Crippen LogP contribution in [-0.2, 0) is 11.3 Å². The van der Waals surface area contributed by atoms with Gasteiger partial charge in [0.15, 0.2) is 0 Å². The van der Waals surface area contributed by atoms with Crippen LogP contribution in [0.25, 0.3) is 0 Å². The molecule has 1 aromatic heterocycles. The molecule has 5 nitrogen and oxygen atoms in total. The topological polar surface area (TPSA) is 72.9 Å². The Morgan fingerprint density at radius 1 is 1.60 bits per heavy atom. The Hall–Kier alpha value is -1.52. The molecule has 1 heterocycles. The van der Waals surface area contributed by atoms with Crippen LogP contribution in [0.4, 0.5) is 5.69 Å². The van der Waals surface area contributed by atoms with E-state index in [4.69, 9.17) is 5.73 Å². The van der Waals surface area contributed by atoms with Gasteiger partial charge >= 0.3 is 0 Å². The van der Waals surface area contributed by atoms with Gasteiger partial charge in [-0.15, -0.1) is 0 Å². The van der Waals surface area contributed by atoms with Crippen molar-refractivity contribution in [3.63, 3.8) is 0 Å². The van der Waals surface area contributed by atoms with Gasteiger partial charge in [-0.1, -0.05) is 13.8 Å². The molecule has 1 amide bonds. The third-order valence-corrected chi connectivity index (χ3v) is 2.35. The van der Waals surface area contributed by atoms with Crippen molar-refractivity contribution in [3.05, 3.63) is 12.4 Å². The Labute approximate surface area is 89.6 Å². The van der Waals surface area contributed by atoms with Crippen molar-refractivity contribution < 1.29 is 4.79 Å². The summed E-state index contributed by atoms with van der Waals surface area (Å²) in [6.45, 7) is 6.52. The maximum atomic E-state index is 10.6. The first-order valence-electron chi connectivity index (χ1n) is 5.06. The Morgan fingerprint density at radius 2 is 2.27 bits per heavy atom. The molecule has 1 unspecified atom stereocenters. The Morgan fingerprint density at radius 3 is 2.80 bits per heavy atom. The minimum atomic E-state index is -0.387. The van der Waals surface area contributed by atoms with Crippen LogP contribution in [0.15, 0.2) is 12.4 Å². The zero-order valence-corrected chi connectivity index (χ0v) is 9.40. The second kappa shape index (κ2) is 4.82. The number of carbonyl (C=O) groups excluding carboxylic acids is 1. The predicted molar refractivity (Wildman–Crippen MR) is 59.3 cm³/mol. The lowest BCUT2D eigenvalue weighted by Gasteiger charge is -2.16. The third kappa shape index (κ3) is 3.61. The van der Waals surface area contributed by atoms with Crippen molar-refractivity contribution in [2.24, 2.45) is 11.7 Å². The lowest BCUT2D eigenvalue weighted by atomic mass is 10.1. The van der Waals surface area contributed by atoms with Crippen LogP contribution in [0.1, 0.15) is 20.8 Å². The molecular formula is C10H18N4O. The van der Waals surface area contributed by atoms with E-state index in [1.165, 1.54) is 4.68 Å². The highest BCUT2D eigenvalue weighted by atomic mass is 16.1. The molecule has 0 aromatic carbocycles. The molecule has 5 heteroatoms. The lowest BCUT2D eigenvalue weighted by molar-refractivity contribution is -0.118. The quantitative estimate of drug-likeness (QED) is 0.755. The summed E-state index contributed by atoms with van der Waals surface area (Å²) in [5.41, 5.74) is 5.98. The first-order chi connectivity index (χ1) is 6.99. The molecule has 0 aliphatic heterocycles. The standard InChI is InChI=1S/C10H18N4O/c1-7(2)8(3)13-9-4-12-14(5-9)6-10(11)15/h4-5,7-8,13H,6H2,1-3H3,(H2,11,15). The summed E-state index contributed by atoms with van der Waals surface area (Å²) in [7, 11) is 0. The zero-order chi connectivity index (χ0) is 11.4. The minimum Gasteiger partial charge on any atom is -0.380 e.